The molecule has 0 fully saturated rings. The van der Waals surface area contributed by atoms with E-state index < -0.39 is 17.9 Å². The highest BCUT2D eigenvalue weighted by molar-refractivity contribution is 5.90. The van der Waals surface area contributed by atoms with E-state index in [-0.39, 0.29) is 36.6 Å². The molecule has 0 saturated carbocycles. The first kappa shape index (κ1) is 23.1. The van der Waals surface area contributed by atoms with Gasteiger partial charge in [0, 0.05) is 19.4 Å². The van der Waals surface area contributed by atoms with Crippen LogP contribution in [-0.2, 0) is 14.4 Å². The van der Waals surface area contributed by atoms with E-state index in [4.69, 9.17) is 0 Å². The van der Waals surface area contributed by atoms with Crippen LogP contribution >= 0.6 is 0 Å². The maximum Gasteiger partial charge on any atom is 0.247 e. The molecule has 0 radical (unpaired) electrons. The van der Waals surface area contributed by atoms with Crippen LogP contribution in [0.1, 0.15) is 47.0 Å². The molecule has 0 spiro atoms. The second kappa shape index (κ2) is 11.6. The molecule has 0 saturated heterocycles. The van der Waals surface area contributed by atoms with Crippen molar-refractivity contribution in [3.8, 4) is 0 Å². The molecule has 0 heterocycles. The zero-order valence-electron chi connectivity index (χ0n) is 16.0. The quantitative estimate of drug-likeness (QED) is 0.298. The Balaban J connectivity index is 5.10. The lowest BCUT2D eigenvalue weighted by Crippen LogP contribution is -2.49. The van der Waals surface area contributed by atoms with E-state index in [9.17, 15) is 19.6 Å². The number of hydroxylamine groups is 2. The Kier molecular flexibility index (Phi) is 10.7. The molecule has 25 heavy (non-hydrogen) atoms. The lowest BCUT2D eigenvalue weighted by atomic mass is 9.92. The number of hydrogen-bond acceptors (Lipinski definition) is 4. The summed E-state index contributed by atoms with van der Waals surface area (Å²) in [4.78, 5) is 36.7. The normalized spacial score (nSPS) is 13.3. The van der Waals surface area contributed by atoms with Crippen LogP contribution in [-0.4, -0.2) is 47.6 Å². The molecule has 3 N–H and O–H groups in total. The van der Waals surface area contributed by atoms with Crippen LogP contribution in [0.3, 0.4) is 0 Å². The summed E-state index contributed by atoms with van der Waals surface area (Å²) in [5.41, 5.74) is 0. The van der Waals surface area contributed by atoms with E-state index >= 15 is 0 Å². The van der Waals surface area contributed by atoms with Gasteiger partial charge in [-0.05, 0) is 24.7 Å². The number of rotatable bonds is 11. The number of hydrogen-bond donors (Lipinski definition) is 3. The fraction of sp³-hybridized carbons (Fsp3) is 0.722. The minimum Gasteiger partial charge on any atom is -0.357 e. The summed E-state index contributed by atoms with van der Waals surface area (Å²) in [5.74, 6) is -1.32. The van der Waals surface area contributed by atoms with Crippen LogP contribution < -0.4 is 10.6 Å². The standard InChI is InChI=1S/C18H33N3O4/c1-7-8-21(25)16(22)11-14(9-12(2)3)17(23)20-15(10-13(4)5)18(24)19-6/h7,12-15,25H,1,8-11H2,2-6H3,(H,19,24)(H,20,23)/t14-,15+/m1/s1. The number of amides is 3. The molecule has 0 unspecified atom stereocenters. The van der Waals surface area contributed by atoms with Gasteiger partial charge in [0.15, 0.2) is 0 Å². The van der Waals surface area contributed by atoms with Crippen LogP contribution in [0.15, 0.2) is 12.7 Å². The summed E-state index contributed by atoms with van der Waals surface area (Å²) in [6.07, 6.45) is 2.29. The van der Waals surface area contributed by atoms with E-state index in [2.05, 4.69) is 17.2 Å². The monoisotopic (exact) mass is 355 g/mol. The van der Waals surface area contributed by atoms with Crippen LogP contribution in [0.5, 0.6) is 0 Å². The zero-order chi connectivity index (χ0) is 19.6. The van der Waals surface area contributed by atoms with Crippen molar-refractivity contribution in [2.45, 2.75) is 53.0 Å². The summed E-state index contributed by atoms with van der Waals surface area (Å²) in [7, 11) is 1.52. The van der Waals surface area contributed by atoms with Gasteiger partial charge in [-0.25, -0.2) is 5.06 Å². The number of nitrogens with one attached hydrogen (secondary N) is 2. The summed E-state index contributed by atoms with van der Waals surface area (Å²) in [6, 6.07) is -0.638. The molecule has 2 atom stereocenters. The van der Waals surface area contributed by atoms with Crippen molar-refractivity contribution in [1.82, 2.24) is 15.7 Å². The van der Waals surface area contributed by atoms with Gasteiger partial charge >= 0.3 is 0 Å². The molecule has 3 amide bonds. The second-order valence-corrected chi connectivity index (χ2v) is 7.10. The van der Waals surface area contributed by atoms with Gasteiger partial charge in [0.2, 0.25) is 17.7 Å². The highest BCUT2D eigenvalue weighted by atomic mass is 16.5. The fourth-order valence-electron chi connectivity index (χ4n) is 2.56. The van der Waals surface area contributed by atoms with E-state index in [1.54, 1.807) is 0 Å². The lowest BCUT2D eigenvalue weighted by molar-refractivity contribution is -0.165. The van der Waals surface area contributed by atoms with Gasteiger partial charge < -0.3 is 10.6 Å². The first-order valence-corrected chi connectivity index (χ1v) is 8.74. The maximum atomic E-state index is 12.6. The second-order valence-electron chi connectivity index (χ2n) is 7.10. The predicted molar refractivity (Wildman–Crippen MR) is 96.7 cm³/mol. The Morgan fingerprint density at radius 2 is 1.64 bits per heavy atom. The van der Waals surface area contributed by atoms with Crippen LogP contribution in [0.4, 0.5) is 0 Å². The Hall–Kier alpha value is -1.89. The molecule has 0 aromatic rings. The molecule has 0 aromatic heterocycles. The zero-order valence-corrected chi connectivity index (χ0v) is 16.0. The Bertz CT molecular complexity index is 463. The van der Waals surface area contributed by atoms with Crippen molar-refractivity contribution in [2.24, 2.45) is 17.8 Å². The van der Waals surface area contributed by atoms with Gasteiger partial charge in [-0.15, -0.1) is 6.58 Å². The lowest BCUT2D eigenvalue weighted by Gasteiger charge is -2.24. The molecule has 0 rings (SSSR count). The topological polar surface area (TPSA) is 98.7 Å². The van der Waals surface area contributed by atoms with E-state index in [1.165, 1.54) is 13.1 Å². The third-order valence-corrected chi connectivity index (χ3v) is 3.72. The van der Waals surface area contributed by atoms with Crippen molar-refractivity contribution in [1.29, 1.82) is 0 Å². The smallest absolute Gasteiger partial charge is 0.247 e. The Labute approximate surface area is 150 Å². The molecule has 0 aliphatic heterocycles. The van der Waals surface area contributed by atoms with Gasteiger partial charge in [-0.2, -0.15) is 0 Å². The van der Waals surface area contributed by atoms with Crippen molar-refractivity contribution in [3.05, 3.63) is 12.7 Å². The Morgan fingerprint density at radius 3 is 2.08 bits per heavy atom. The number of likely N-dealkylation sites (N-methyl/N-ethyl adjacent to an activating group) is 1. The minimum atomic E-state index is -0.638. The van der Waals surface area contributed by atoms with E-state index in [0.29, 0.717) is 17.9 Å². The number of nitrogens with zero attached hydrogens (tertiary/aromatic N) is 1. The molecular formula is C18H33N3O4. The average Bonchev–Trinajstić information content (AvgIpc) is 2.51. The first-order chi connectivity index (χ1) is 11.6. The fourth-order valence-corrected chi connectivity index (χ4v) is 2.56. The molecule has 7 nitrogen and oxygen atoms in total. The SMILES string of the molecule is C=CCN(O)C(=O)C[C@@H](CC(C)C)C(=O)N[C@@H](CC(C)C)C(=O)NC. The summed E-state index contributed by atoms with van der Waals surface area (Å²) in [5, 5.41) is 15.5. The molecule has 0 bridgehead atoms. The highest BCUT2D eigenvalue weighted by Crippen LogP contribution is 2.18. The van der Waals surface area contributed by atoms with Crippen LogP contribution in [0.2, 0.25) is 0 Å². The van der Waals surface area contributed by atoms with Crippen molar-refractivity contribution in [2.75, 3.05) is 13.6 Å². The molecule has 0 aliphatic carbocycles. The van der Waals surface area contributed by atoms with Gasteiger partial charge in [-0.3, -0.25) is 19.6 Å². The first-order valence-electron chi connectivity index (χ1n) is 8.74. The molecule has 7 heteroatoms. The Morgan fingerprint density at radius 1 is 1.08 bits per heavy atom. The van der Waals surface area contributed by atoms with Gasteiger partial charge in [0.25, 0.3) is 0 Å². The summed E-state index contributed by atoms with van der Waals surface area (Å²) >= 11 is 0. The molecule has 0 aliphatic rings. The van der Waals surface area contributed by atoms with Gasteiger partial charge in [0.05, 0.1) is 6.54 Å². The maximum absolute atomic E-state index is 12.6. The third kappa shape index (κ3) is 9.24. The average molecular weight is 355 g/mol. The number of carbonyl (C=O) groups is 3. The van der Waals surface area contributed by atoms with E-state index in [0.717, 1.165) is 0 Å². The van der Waals surface area contributed by atoms with Crippen molar-refractivity contribution in [3.63, 3.8) is 0 Å². The van der Waals surface area contributed by atoms with Gasteiger partial charge in [-0.1, -0.05) is 33.8 Å². The molecule has 144 valence electrons. The third-order valence-electron chi connectivity index (χ3n) is 3.72. The minimum absolute atomic E-state index is 0.00304. The van der Waals surface area contributed by atoms with E-state index in [1.807, 2.05) is 27.7 Å². The van der Waals surface area contributed by atoms with Gasteiger partial charge in [0.1, 0.15) is 6.04 Å². The molecule has 0 aromatic carbocycles. The van der Waals surface area contributed by atoms with Crippen molar-refractivity contribution >= 4 is 17.7 Å². The summed E-state index contributed by atoms with van der Waals surface area (Å²) < 4.78 is 0. The highest BCUT2D eigenvalue weighted by Gasteiger charge is 2.29. The predicted octanol–water partition coefficient (Wildman–Crippen LogP) is 1.72. The van der Waals surface area contributed by atoms with Crippen LogP contribution in [0.25, 0.3) is 0 Å². The summed E-state index contributed by atoms with van der Waals surface area (Å²) in [6.45, 7) is 11.3. The van der Waals surface area contributed by atoms with Crippen molar-refractivity contribution < 1.29 is 19.6 Å². The van der Waals surface area contributed by atoms with Crippen LogP contribution in [0, 0.1) is 17.8 Å². The number of carbonyl (C=O) groups excluding carboxylic acids is 3. The largest absolute Gasteiger partial charge is 0.357 e. The molecular weight excluding hydrogens is 322 g/mol.